The summed E-state index contributed by atoms with van der Waals surface area (Å²) in [6.45, 7) is 1.57. The third kappa shape index (κ3) is 4.11. The number of anilines is 1. The van der Waals surface area contributed by atoms with Crippen molar-refractivity contribution in [2.45, 2.75) is 42.8 Å². The maximum Gasteiger partial charge on any atom is 0.417 e. The van der Waals surface area contributed by atoms with Gasteiger partial charge in [-0.3, -0.25) is 14.0 Å². The maximum atomic E-state index is 13.1. The summed E-state index contributed by atoms with van der Waals surface area (Å²) in [4.78, 5) is 25.6. The summed E-state index contributed by atoms with van der Waals surface area (Å²) in [5.41, 5.74) is 5.81. The summed E-state index contributed by atoms with van der Waals surface area (Å²) in [6.07, 6.45) is -1.27. The summed E-state index contributed by atoms with van der Waals surface area (Å²) >= 11 is 8.16. The van der Waals surface area contributed by atoms with Gasteiger partial charge in [0, 0.05) is 11.1 Å². The molecule has 0 fully saturated rings. The SMILES string of the molecule is C[C@H](Sc1nnc2c(Cl)cc(C(F)(F)F)cn12)C(=O)Nc1sc2c(c1C(N)=O)CCC2. The lowest BCUT2D eigenvalue weighted by Gasteiger charge is -2.12. The van der Waals surface area contributed by atoms with Crippen molar-refractivity contribution in [2.24, 2.45) is 5.73 Å². The molecule has 0 radical (unpaired) electrons. The van der Waals surface area contributed by atoms with Gasteiger partial charge in [-0.25, -0.2) is 0 Å². The first kappa shape index (κ1) is 21.9. The number of aromatic nitrogens is 3. The van der Waals surface area contributed by atoms with Crippen LogP contribution in [-0.2, 0) is 23.8 Å². The van der Waals surface area contributed by atoms with Gasteiger partial charge in [0.05, 0.1) is 21.4 Å². The first-order chi connectivity index (χ1) is 14.6. The number of nitrogens with two attached hydrogens (primary N) is 1. The standard InChI is InChI=1S/C18H15ClF3N5O2S2/c1-7(15(29)24-16-12(13(23)28)9-3-2-4-11(9)31-16)30-17-26-25-14-10(19)5-8(6-27(14)17)18(20,21)22/h5-7H,2-4H2,1H3,(H2,23,28)(H,24,29)/t7-/m0/s1. The summed E-state index contributed by atoms with van der Waals surface area (Å²) in [7, 11) is 0. The van der Waals surface area contributed by atoms with Gasteiger partial charge < -0.3 is 11.1 Å². The van der Waals surface area contributed by atoms with Gasteiger partial charge in [-0.2, -0.15) is 13.2 Å². The Morgan fingerprint density at radius 2 is 2.10 bits per heavy atom. The molecule has 3 N–H and O–H groups in total. The number of pyridine rings is 1. The molecule has 0 spiro atoms. The van der Waals surface area contributed by atoms with Gasteiger partial charge in [0.2, 0.25) is 5.91 Å². The van der Waals surface area contributed by atoms with Crippen LogP contribution < -0.4 is 11.1 Å². The van der Waals surface area contributed by atoms with E-state index in [1.807, 2.05) is 0 Å². The summed E-state index contributed by atoms with van der Waals surface area (Å²) in [5, 5.41) is 9.92. The smallest absolute Gasteiger partial charge is 0.365 e. The minimum absolute atomic E-state index is 0.0514. The first-order valence-corrected chi connectivity index (χ1v) is 11.2. The molecule has 7 nitrogen and oxygen atoms in total. The van der Waals surface area contributed by atoms with Crippen LogP contribution in [0.15, 0.2) is 17.4 Å². The molecule has 1 atom stereocenters. The van der Waals surface area contributed by atoms with E-state index in [1.165, 1.54) is 11.3 Å². The topological polar surface area (TPSA) is 102 Å². The molecular formula is C18H15ClF3N5O2S2. The van der Waals surface area contributed by atoms with Crippen LogP contribution in [0.3, 0.4) is 0 Å². The van der Waals surface area contributed by atoms with E-state index < -0.39 is 28.8 Å². The quantitative estimate of drug-likeness (QED) is 0.524. The van der Waals surface area contributed by atoms with Gasteiger partial charge in [-0.1, -0.05) is 23.4 Å². The predicted molar refractivity (Wildman–Crippen MR) is 112 cm³/mol. The summed E-state index contributed by atoms with van der Waals surface area (Å²) < 4.78 is 40.5. The Balaban J connectivity index is 1.57. The number of thiophene rings is 1. The number of alkyl halides is 3. The molecule has 164 valence electrons. The second-order valence-electron chi connectivity index (χ2n) is 6.93. The minimum atomic E-state index is -4.60. The second kappa shape index (κ2) is 7.99. The number of carbonyl (C=O) groups excluding carboxylic acids is 2. The van der Waals surface area contributed by atoms with Crippen molar-refractivity contribution in [2.75, 3.05) is 5.32 Å². The average Bonchev–Trinajstić information content (AvgIpc) is 3.35. The van der Waals surface area contributed by atoms with Crippen LogP contribution in [0.5, 0.6) is 0 Å². The third-order valence-electron chi connectivity index (χ3n) is 4.81. The number of halogens is 4. The van der Waals surface area contributed by atoms with E-state index in [2.05, 4.69) is 15.5 Å². The highest BCUT2D eigenvalue weighted by Gasteiger charge is 2.33. The van der Waals surface area contributed by atoms with Crippen molar-refractivity contribution < 1.29 is 22.8 Å². The van der Waals surface area contributed by atoms with E-state index >= 15 is 0 Å². The van der Waals surface area contributed by atoms with Crippen molar-refractivity contribution in [3.05, 3.63) is 38.9 Å². The summed E-state index contributed by atoms with van der Waals surface area (Å²) in [6, 6.07) is 0.775. The third-order valence-corrected chi connectivity index (χ3v) is 7.35. The fourth-order valence-corrected chi connectivity index (χ4v) is 5.71. The zero-order valence-electron chi connectivity index (χ0n) is 15.9. The Morgan fingerprint density at radius 1 is 1.35 bits per heavy atom. The highest BCUT2D eigenvalue weighted by molar-refractivity contribution is 8.00. The number of nitrogens with one attached hydrogen (secondary N) is 1. The van der Waals surface area contributed by atoms with E-state index in [4.69, 9.17) is 17.3 Å². The molecule has 3 aromatic heterocycles. The van der Waals surface area contributed by atoms with Crippen molar-refractivity contribution in [3.8, 4) is 0 Å². The number of amides is 2. The van der Waals surface area contributed by atoms with Crippen molar-refractivity contribution in [1.82, 2.24) is 14.6 Å². The minimum Gasteiger partial charge on any atom is -0.365 e. The van der Waals surface area contributed by atoms with Gasteiger partial charge in [0.15, 0.2) is 10.8 Å². The molecule has 2 amide bonds. The highest BCUT2D eigenvalue weighted by atomic mass is 35.5. The Morgan fingerprint density at radius 3 is 2.77 bits per heavy atom. The van der Waals surface area contributed by atoms with Crippen molar-refractivity contribution in [1.29, 1.82) is 0 Å². The molecule has 13 heteroatoms. The molecule has 4 rings (SSSR count). The number of nitrogens with zero attached hydrogens (tertiary/aromatic N) is 3. The fraction of sp³-hybridized carbons (Fsp3) is 0.333. The van der Waals surface area contributed by atoms with Gasteiger partial charge in [-0.05, 0) is 37.8 Å². The second-order valence-corrected chi connectivity index (χ2v) is 9.75. The molecule has 0 saturated heterocycles. The van der Waals surface area contributed by atoms with Crippen LogP contribution in [0.25, 0.3) is 5.65 Å². The number of carbonyl (C=O) groups is 2. The molecule has 0 bridgehead atoms. The molecule has 1 aliphatic carbocycles. The molecule has 0 aromatic carbocycles. The van der Waals surface area contributed by atoms with Crippen LogP contribution >= 0.6 is 34.7 Å². The lowest BCUT2D eigenvalue weighted by Crippen LogP contribution is -2.24. The molecule has 0 unspecified atom stereocenters. The molecule has 3 heterocycles. The Labute approximate surface area is 187 Å². The number of hydrogen-bond donors (Lipinski definition) is 2. The number of hydrogen-bond acceptors (Lipinski definition) is 6. The van der Waals surface area contributed by atoms with Gasteiger partial charge in [-0.15, -0.1) is 21.5 Å². The lowest BCUT2D eigenvalue weighted by molar-refractivity contribution is -0.137. The largest absolute Gasteiger partial charge is 0.417 e. The average molecular weight is 490 g/mol. The monoisotopic (exact) mass is 489 g/mol. The zero-order chi connectivity index (χ0) is 22.5. The van der Waals surface area contributed by atoms with E-state index in [0.717, 1.165) is 58.1 Å². The number of primary amides is 1. The molecular weight excluding hydrogens is 475 g/mol. The Hall–Kier alpha value is -2.31. The predicted octanol–water partition coefficient (Wildman–Crippen LogP) is 4.17. The molecule has 31 heavy (non-hydrogen) atoms. The fourth-order valence-electron chi connectivity index (χ4n) is 3.35. The van der Waals surface area contributed by atoms with Crippen molar-refractivity contribution >= 4 is 57.2 Å². The van der Waals surface area contributed by atoms with Gasteiger partial charge in [0.25, 0.3) is 5.91 Å². The molecule has 3 aromatic rings. The number of thioether (sulfide) groups is 1. The van der Waals surface area contributed by atoms with Crippen LogP contribution in [0, 0.1) is 0 Å². The molecule has 0 aliphatic heterocycles. The van der Waals surface area contributed by atoms with E-state index in [-0.39, 0.29) is 15.8 Å². The van der Waals surface area contributed by atoms with Crippen LogP contribution in [0.1, 0.15) is 39.7 Å². The summed E-state index contributed by atoms with van der Waals surface area (Å²) in [5.74, 6) is -1.05. The Bertz CT molecular complexity index is 1210. The normalized spacial score (nSPS) is 14.6. The zero-order valence-corrected chi connectivity index (χ0v) is 18.3. The van der Waals surface area contributed by atoms with Gasteiger partial charge >= 0.3 is 6.18 Å². The number of fused-ring (bicyclic) bond motifs is 2. The van der Waals surface area contributed by atoms with Crippen molar-refractivity contribution in [3.63, 3.8) is 0 Å². The lowest BCUT2D eigenvalue weighted by atomic mass is 10.1. The maximum absolute atomic E-state index is 13.1. The first-order valence-electron chi connectivity index (χ1n) is 9.09. The van der Waals surface area contributed by atoms with Crippen LogP contribution in [0.4, 0.5) is 18.2 Å². The molecule has 1 aliphatic rings. The Kier molecular flexibility index (Phi) is 5.64. The molecule has 0 saturated carbocycles. The van der Waals surface area contributed by atoms with E-state index in [1.54, 1.807) is 6.92 Å². The number of aryl methyl sites for hydroxylation is 1. The van der Waals surface area contributed by atoms with Gasteiger partial charge in [0.1, 0.15) is 5.00 Å². The highest BCUT2D eigenvalue weighted by Crippen LogP contribution is 2.39. The van der Waals surface area contributed by atoms with Crippen LogP contribution in [0.2, 0.25) is 5.02 Å². The van der Waals surface area contributed by atoms with Crippen LogP contribution in [-0.4, -0.2) is 31.7 Å². The number of rotatable bonds is 5. The van der Waals surface area contributed by atoms with E-state index in [0.29, 0.717) is 10.6 Å². The van der Waals surface area contributed by atoms with E-state index in [9.17, 15) is 22.8 Å².